The number of halogens is 2. The first-order valence-corrected chi connectivity index (χ1v) is 10.3. The van der Waals surface area contributed by atoms with Gasteiger partial charge in [-0.3, -0.25) is 0 Å². The summed E-state index contributed by atoms with van der Waals surface area (Å²) >= 11 is 7.66. The van der Waals surface area contributed by atoms with Gasteiger partial charge in [0.15, 0.2) is 5.13 Å². The first-order chi connectivity index (χ1) is 14.3. The summed E-state index contributed by atoms with van der Waals surface area (Å²) in [5, 5.41) is 18.2. The second kappa shape index (κ2) is 9.68. The number of nitrogens with zero attached hydrogens (tertiary/aromatic N) is 3. The van der Waals surface area contributed by atoms with Gasteiger partial charge in [0, 0.05) is 30.9 Å². The maximum atomic E-state index is 13.5. The van der Waals surface area contributed by atoms with Crippen molar-refractivity contribution < 1.29 is 14.3 Å². The lowest BCUT2D eigenvalue weighted by Gasteiger charge is -2.10. The minimum absolute atomic E-state index is 0.179. The van der Waals surface area contributed by atoms with Gasteiger partial charge in [-0.15, -0.1) is 0 Å². The van der Waals surface area contributed by atoms with E-state index in [0.717, 1.165) is 10.0 Å². The summed E-state index contributed by atoms with van der Waals surface area (Å²) < 4.78 is 13.5. The van der Waals surface area contributed by atoms with E-state index in [0.29, 0.717) is 22.9 Å². The van der Waals surface area contributed by atoms with Crippen LogP contribution < -0.4 is 16.0 Å². The Morgan fingerprint density at radius 2 is 2.00 bits per heavy atom. The smallest absolute Gasteiger partial charge is 0.404 e. The molecule has 0 saturated heterocycles. The molecule has 0 aliphatic carbocycles. The molecule has 158 valence electrons. The van der Waals surface area contributed by atoms with Gasteiger partial charge in [0.25, 0.3) is 0 Å². The highest BCUT2D eigenvalue weighted by Gasteiger charge is 2.14. The van der Waals surface area contributed by atoms with Crippen molar-refractivity contribution in [1.82, 2.24) is 20.3 Å². The first kappa shape index (κ1) is 21.7. The molecule has 0 atom stereocenters. The maximum Gasteiger partial charge on any atom is 0.404 e. The quantitative estimate of drug-likeness (QED) is 0.372. The van der Waals surface area contributed by atoms with Crippen LogP contribution in [0.15, 0.2) is 30.5 Å². The number of aromatic nitrogens is 3. The van der Waals surface area contributed by atoms with Gasteiger partial charge in [0.1, 0.15) is 5.82 Å². The van der Waals surface area contributed by atoms with Crippen molar-refractivity contribution in [1.29, 1.82) is 0 Å². The first-order valence-electron chi connectivity index (χ1n) is 9.09. The Morgan fingerprint density at radius 1 is 1.23 bits per heavy atom. The number of nitrogens with one attached hydrogen (secondary N) is 3. The van der Waals surface area contributed by atoms with E-state index in [1.54, 1.807) is 18.3 Å². The van der Waals surface area contributed by atoms with Gasteiger partial charge >= 0.3 is 6.09 Å². The van der Waals surface area contributed by atoms with Crippen molar-refractivity contribution in [2.75, 3.05) is 23.7 Å². The van der Waals surface area contributed by atoms with E-state index in [1.807, 2.05) is 13.8 Å². The van der Waals surface area contributed by atoms with Crippen LogP contribution in [0, 0.1) is 5.82 Å². The van der Waals surface area contributed by atoms with Gasteiger partial charge < -0.3 is 21.1 Å². The van der Waals surface area contributed by atoms with Crippen LogP contribution in [0.1, 0.15) is 13.8 Å². The molecule has 0 spiro atoms. The highest BCUT2D eigenvalue weighted by Crippen LogP contribution is 2.33. The molecule has 0 radical (unpaired) electrons. The molecule has 11 heteroatoms. The molecule has 30 heavy (non-hydrogen) atoms. The maximum absolute atomic E-state index is 13.5. The zero-order chi connectivity index (χ0) is 21.7. The van der Waals surface area contributed by atoms with Crippen LogP contribution in [0.4, 0.5) is 20.3 Å². The highest BCUT2D eigenvalue weighted by molar-refractivity contribution is 7.18. The van der Waals surface area contributed by atoms with E-state index < -0.39 is 11.9 Å². The molecule has 0 aliphatic rings. The summed E-state index contributed by atoms with van der Waals surface area (Å²) in [6, 6.07) is 6.08. The summed E-state index contributed by atoms with van der Waals surface area (Å²) in [7, 11) is 0. The molecule has 3 aromatic rings. The van der Waals surface area contributed by atoms with Crippen LogP contribution in [-0.2, 0) is 0 Å². The molecular formula is C19H20ClFN6O2S. The highest BCUT2D eigenvalue weighted by atomic mass is 35.5. The Balaban J connectivity index is 1.95. The third-order valence-electron chi connectivity index (χ3n) is 3.79. The molecule has 1 amide bonds. The SMILES string of the molecule is CC(C)Nc1ncc(-c2cc(-c3ccc(F)cc3Cl)nc(NCCNC(=O)O)n2)s1. The van der Waals surface area contributed by atoms with E-state index in [-0.39, 0.29) is 24.2 Å². The average molecular weight is 451 g/mol. The molecular weight excluding hydrogens is 431 g/mol. The van der Waals surface area contributed by atoms with E-state index in [9.17, 15) is 9.18 Å². The molecule has 8 nitrogen and oxygen atoms in total. The van der Waals surface area contributed by atoms with Crippen LogP contribution in [-0.4, -0.2) is 45.3 Å². The zero-order valence-corrected chi connectivity index (χ0v) is 17.8. The lowest BCUT2D eigenvalue weighted by Crippen LogP contribution is -2.27. The van der Waals surface area contributed by atoms with Gasteiger partial charge in [0.05, 0.1) is 21.3 Å². The third kappa shape index (κ3) is 5.77. The number of benzene rings is 1. The minimum Gasteiger partial charge on any atom is -0.465 e. The largest absolute Gasteiger partial charge is 0.465 e. The van der Waals surface area contributed by atoms with Gasteiger partial charge in [-0.1, -0.05) is 22.9 Å². The molecule has 4 N–H and O–H groups in total. The monoisotopic (exact) mass is 450 g/mol. The van der Waals surface area contributed by atoms with Crippen molar-refractivity contribution >= 4 is 40.1 Å². The molecule has 3 rings (SSSR count). The lowest BCUT2D eigenvalue weighted by molar-refractivity contribution is 0.195. The number of carbonyl (C=O) groups is 1. The Bertz CT molecular complexity index is 1050. The molecule has 0 fully saturated rings. The normalized spacial score (nSPS) is 10.8. The minimum atomic E-state index is -1.11. The van der Waals surface area contributed by atoms with E-state index in [2.05, 4.69) is 30.9 Å². The third-order valence-corrected chi connectivity index (χ3v) is 5.05. The number of hydrogen-bond donors (Lipinski definition) is 4. The predicted octanol–water partition coefficient (Wildman–Crippen LogP) is 4.56. The number of hydrogen-bond acceptors (Lipinski definition) is 7. The molecule has 2 aromatic heterocycles. The molecule has 1 aromatic carbocycles. The predicted molar refractivity (Wildman–Crippen MR) is 117 cm³/mol. The number of rotatable bonds is 8. The van der Waals surface area contributed by atoms with E-state index >= 15 is 0 Å². The van der Waals surface area contributed by atoms with Gasteiger partial charge in [-0.05, 0) is 38.1 Å². The molecule has 0 aliphatic heterocycles. The number of anilines is 2. The topological polar surface area (TPSA) is 112 Å². The Labute approximate surface area is 181 Å². The van der Waals surface area contributed by atoms with Crippen LogP contribution in [0.5, 0.6) is 0 Å². The average Bonchev–Trinajstić information content (AvgIpc) is 3.12. The molecule has 0 unspecified atom stereocenters. The number of carboxylic acid groups (broad SMARTS) is 1. The molecule has 2 heterocycles. The van der Waals surface area contributed by atoms with Crippen molar-refractivity contribution in [2.24, 2.45) is 0 Å². The van der Waals surface area contributed by atoms with Crippen molar-refractivity contribution in [3.63, 3.8) is 0 Å². The molecule has 0 saturated carbocycles. The van der Waals surface area contributed by atoms with Crippen LogP contribution in [0.2, 0.25) is 5.02 Å². The fraction of sp³-hybridized carbons (Fsp3) is 0.263. The fourth-order valence-corrected chi connectivity index (χ4v) is 3.72. The summed E-state index contributed by atoms with van der Waals surface area (Å²) in [6.45, 7) is 4.51. The van der Waals surface area contributed by atoms with Crippen molar-refractivity contribution in [3.05, 3.63) is 41.3 Å². The Kier molecular flexibility index (Phi) is 7.01. The van der Waals surface area contributed by atoms with Crippen LogP contribution in [0.3, 0.4) is 0 Å². The van der Waals surface area contributed by atoms with Gasteiger partial charge in [0.2, 0.25) is 5.95 Å². The number of thiazole rings is 1. The summed E-state index contributed by atoms with van der Waals surface area (Å²) in [5.74, 6) is -0.148. The van der Waals surface area contributed by atoms with E-state index in [1.165, 1.54) is 23.5 Å². The summed E-state index contributed by atoms with van der Waals surface area (Å²) in [4.78, 5) is 24.8. The Hall–Kier alpha value is -2.98. The fourth-order valence-electron chi connectivity index (χ4n) is 2.54. The standard InChI is InChI=1S/C19H20ClFN6O2S/c1-10(2)25-18-24-9-16(30-18)15-8-14(12-4-3-11(21)7-13(12)20)26-17(27-15)22-5-6-23-19(28)29/h3-4,7-10,23H,5-6H2,1-2H3,(H,24,25)(H,28,29)(H,22,26,27). The summed E-state index contributed by atoms with van der Waals surface area (Å²) in [6.07, 6.45) is 0.601. The number of amides is 1. The zero-order valence-electron chi connectivity index (χ0n) is 16.2. The van der Waals surface area contributed by atoms with Gasteiger partial charge in [-0.2, -0.15) is 0 Å². The second-order valence-corrected chi connectivity index (χ2v) is 8.01. The van der Waals surface area contributed by atoms with Gasteiger partial charge in [-0.25, -0.2) is 24.1 Å². The Morgan fingerprint density at radius 3 is 2.70 bits per heavy atom. The van der Waals surface area contributed by atoms with Crippen LogP contribution >= 0.6 is 22.9 Å². The summed E-state index contributed by atoms with van der Waals surface area (Å²) in [5.41, 5.74) is 1.67. The van der Waals surface area contributed by atoms with Crippen molar-refractivity contribution in [2.45, 2.75) is 19.9 Å². The molecule has 0 bridgehead atoms. The van der Waals surface area contributed by atoms with E-state index in [4.69, 9.17) is 16.7 Å². The van der Waals surface area contributed by atoms with Crippen molar-refractivity contribution in [3.8, 4) is 21.8 Å². The lowest BCUT2D eigenvalue weighted by atomic mass is 10.1. The van der Waals surface area contributed by atoms with Crippen LogP contribution in [0.25, 0.3) is 21.8 Å². The second-order valence-electron chi connectivity index (χ2n) is 6.57.